The van der Waals surface area contributed by atoms with Gasteiger partial charge in [-0.15, -0.1) is 11.3 Å². The summed E-state index contributed by atoms with van der Waals surface area (Å²) in [6.07, 6.45) is 0. The van der Waals surface area contributed by atoms with Gasteiger partial charge < -0.3 is 9.84 Å². The average Bonchev–Trinajstić information content (AvgIpc) is 3.02. The molecule has 0 aliphatic rings. The van der Waals surface area contributed by atoms with Gasteiger partial charge in [0.15, 0.2) is 5.75 Å². The van der Waals surface area contributed by atoms with Crippen molar-refractivity contribution in [2.45, 2.75) is 6.92 Å². The molecule has 0 saturated carbocycles. The molecule has 0 amide bonds. The minimum absolute atomic E-state index is 0.135. The molecule has 27 heavy (non-hydrogen) atoms. The zero-order valence-electron chi connectivity index (χ0n) is 14.4. The van der Waals surface area contributed by atoms with Crippen LogP contribution in [-0.4, -0.2) is 10.9 Å². The molecule has 0 radical (unpaired) electrons. The minimum Gasteiger partial charge on any atom is -0.508 e. The summed E-state index contributed by atoms with van der Waals surface area (Å²) in [7, 11) is 0. The first-order valence-corrected chi connectivity index (χ1v) is 9.14. The molecule has 3 nitrogen and oxygen atoms in total. The number of carbonyl (C=O) groups excluding carboxylic acids is 1. The number of ketones is 1. The summed E-state index contributed by atoms with van der Waals surface area (Å²) >= 11 is 1.34. The number of phenols is 1. The van der Waals surface area contributed by atoms with Crippen LogP contribution in [0, 0.1) is 12.7 Å². The number of aromatic hydroxyl groups is 1. The number of carbonyl (C=O) groups is 1. The Morgan fingerprint density at radius 3 is 2.52 bits per heavy atom. The molecule has 0 fully saturated rings. The van der Waals surface area contributed by atoms with Gasteiger partial charge in [0.2, 0.25) is 5.78 Å². The maximum absolute atomic E-state index is 13.4. The van der Waals surface area contributed by atoms with Crippen molar-refractivity contribution < 1.29 is 19.0 Å². The highest BCUT2D eigenvalue weighted by molar-refractivity contribution is 7.21. The molecule has 4 aromatic rings. The van der Waals surface area contributed by atoms with E-state index in [1.54, 1.807) is 19.1 Å². The Kier molecular flexibility index (Phi) is 4.38. The van der Waals surface area contributed by atoms with E-state index in [1.165, 1.54) is 41.7 Å². The fourth-order valence-electron chi connectivity index (χ4n) is 2.91. The van der Waals surface area contributed by atoms with Gasteiger partial charge in [-0.2, -0.15) is 0 Å². The van der Waals surface area contributed by atoms with Crippen molar-refractivity contribution in [2.75, 3.05) is 0 Å². The summed E-state index contributed by atoms with van der Waals surface area (Å²) in [4.78, 5) is 13.6. The second kappa shape index (κ2) is 6.85. The normalized spacial score (nSPS) is 10.9. The SMILES string of the molecule is Cc1cc(F)ccc1C(=O)c1sc2ccccc2c1Oc1ccc(O)cc1. The lowest BCUT2D eigenvalue weighted by Crippen LogP contribution is -2.03. The summed E-state index contributed by atoms with van der Waals surface area (Å²) in [5.41, 5.74) is 1.02. The summed E-state index contributed by atoms with van der Waals surface area (Å²) in [6.45, 7) is 1.71. The zero-order chi connectivity index (χ0) is 19.0. The molecule has 0 atom stereocenters. The molecule has 0 unspecified atom stereocenters. The van der Waals surface area contributed by atoms with Crippen molar-refractivity contribution in [3.8, 4) is 17.2 Å². The predicted octanol–water partition coefficient (Wildman–Crippen LogP) is 6.08. The van der Waals surface area contributed by atoms with Crippen LogP contribution in [0.25, 0.3) is 10.1 Å². The molecule has 0 bridgehead atoms. The van der Waals surface area contributed by atoms with Crippen molar-refractivity contribution >= 4 is 27.2 Å². The fourth-order valence-corrected chi connectivity index (χ4v) is 3.99. The van der Waals surface area contributed by atoms with Gasteiger partial charge in [0.25, 0.3) is 0 Å². The van der Waals surface area contributed by atoms with Crippen LogP contribution in [0.3, 0.4) is 0 Å². The summed E-state index contributed by atoms with van der Waals surface area (Å²) < 4.78 is 20.4. The van der Waals surface area contributed by atoms with E-state index in [-0.39, 0.29) is 17.3 Å². The molecule has 0 saturated heterocycles. The lowest BCUT2D eigenvalue weighted by molar-refractivity contribution is 0.104. The first-order valence-electron chi connectivity index (χ1n) is 8.32. The maximum atomic E-state index is 13.4. The molecular formula is C22H15FO3S. The third kappa shape index (κ3) is 3.29. The number of aryl methyl sites for hydroxylation is 1. The molecule has 134 valence electrons. The highest BCUT2D eigenvalue weighted by Crippen LogP contribution is 2.41. The highest BCUT2D eigenvalue weighted by Gasteiger charge is 2.23. The van der Waals surface area contributed by atoms with Crippen LogP contribution in [0.1, 0.15) is 20.8 Å². The number of rotatable bonds is 4. The van der Waals surface area contributed by atoms with Gasteiger partial charge in [0.1, 0.15) is 22.2 Å². The van der Waals surface area contributed by atoms with Crippen molar-refractivity contribution in [1.29, 1.82) is 0 Å². The van der Waals surface area contributed by atoms with E-state index >= 15 is 0 Å². The number of phenolic OH excluding ortho intramolecular Hbond substituents is 1. The number of halogens is 1. The highest BCUT2D eigenvalue weighted by atomic mass is 32.1. The van der Waals surface area contributed by atoms with Gasteiger partial charge in [-0.3, -0.25) is 4.79 Å². The Morgan fingerprint density at radius 1 is 1.04 bits per heavy atom. The van der Waals surface area contributed by atoms with E-state index in [2.05, 4.69) is 0 Å². The van der Waals surface area contributed by atoms with E-state index in [1.807, 2.05) is 24.3 Å². The Hall–Kier alpha value is -3.18. The smallest absolute Gasteiger partial charge is 0.207 e. The van der Waals surface area contributed by atoms with Gasteiger partial charge >= 0.3 is 0 Å². The van der Waals surface area contributed by atoms with Crippen LogP contribution in [0.4, 0.5) is 4.39 Å². The molecule has 1 N–H and O–H groups in total. The molecule has 1 heterocycles. The Morgan fingerprint density at radius 2 is 1.78 bits per heavy atom. The maximum Gasteiger partial charge on any atom is 0.207 e. The number of benzene rings is 3. The quantitative estimate of drug-likeness (QED) is 0.438. The summed E-state index contributed by atoms with van der Waals surface area (Å²) in [6, 6.07) is 18.1. The van der Waals surface area contributed by atoms with Gasteiger partial charge in [-0.25, -0.2) is 4.39 Å². The lowest BCUT2D eigenvalue weighted by atomic mass is 10.0. The molecular weight excluding hydrogens is 363 g/mol. The molecule has 0 aliphatic carbocycles. The van der Waals surface area contributed by atoms with E-state index < -0.39 is 0 Å². The van der Waals surface area contributed by atoms with Crippen LogP contribution in [0.2, 0.25) is 0 Å². The Labute approximate surface area is 159 Å². The van der Waals surface area contributed by atoms with Gasteiger partial charge in [0, 0.05) is 15.6 Å². The average molecular weight is 378 g/mol. The fraction of sp³-hybridized carbons (Fsp3) is 0.0455. The monoisotopic (exact) mass is 378 g/mol. The standard InChI is InChI=1S/C22H15FO3S/c1-13-12-14(23)6-11-17(13)20(25)22-21(18-4-2-3-5-19(18)27-22)26-16-9-7-15(24)8-10-16/h2-12,24H,1H3. The number of ether oxygens (including phenoxy) is 1. The number of fused-ring (bicyclic) bond motifs is 1. The minimum atomic E-state index is -0.374. The molecule has 4 rings (SSSR count). The molecule has 0 aliphatic heterocycles. The third-order valence-electron chi connectivity index (χ3n) is 4.25. The largest absolute Gasteiger partial charge is 0.508 e. The molecule has 5 heteroatoms. The van der Waals surface area contributed by atoms with Crippen LogP contribution >= 0.6 is 11.3 Å². The first-order chi connectivity index (χ1) is 13.0. The van der Waals surface area contributed by atoms with Gasteiger partial charge in [-0.1, -0.05) is 12.1 Å². The van der Waals surface area contributed by atoms with E-state index in [4.69, 9.17) is 4.74 Å². The number of hydrogen-bond donors (Lipinski definition) is 1. The molecule has 1 aromatic heterocycles. The van der Waals surface area contributed by atoms with Gasteiger partial charge in [-0.05, 0) is 67.1 Å². The third-order valence-corrected chi connectivity index (χ3v) is 5.40. The second-order valence-corrected chi connectivity index (χ2v) is 7.19. The van der Waals surface area contributed by atoms with Crippen LogP contribution < -0.4 is 4.74 Å². The van der Waals surface area contributed by atoms with E-state index in [9.17, 15) is 14.3 Å². The second-order valence-electron chi connectivity index (χ2n) is 6.14. The van der Waals surface area contributed by atoms with Crippen LogP contribution in [0.15, 0.2) is 66.7 Å². The topological polar surface area (TPSA) is 46.5 Å². The van der Waals surface area contributed by atoms with Crippen molar-refractivity contribution in [1.82, 2.24) is 0 Å². The van der Waals surface area contributed by atoms with E-state index in [0.29, 0.717) is 27.5 Å². The zero-order valence-corrected chi connectivity index (χ0v) is 15.2. The number of hydrogen-bond acceptors (Lipinski definition) is 4. The van der Waals surface area contributed by atoms with Crippen molar-refractivity contribution in [3.05, 3.63) is 88.6 Å². The Balaban J connectivity index is 1.84. The summed E-state index contributed by atoms with van der Waals surface area (Å²) in [5.74, 6) is 0.537. The van der Waals surface area contributed by atoms with Crippen molar-refractivity contribution in [3.63, 3.8) is 0 Å². The lowest BCUT2D eigenvalue weighted by Gasteiger charge is -2.09. The molecule has 3 aromatic carbocycles. The Bertz CT molecular complexity index is 1150. The predicted molar refractivity (Wildman–Crippen MR) is 105 cm³/mol. The van der Waals surface area contributed by atoms with Gasteiger partial charge in [0.05, 0.1) is 0 Å². The first kappa shape index (κ1) is 17.2. The summed E-state index contributed by atoms with van der Waals surface area (Å²) in [5, 5.41) is 10.3. The van der Waals surface area contributed by atoms with Crippen LogP contribution in [-0.2, 0) is 0 Å². The van der Waals surface area contributed by atoms with Crippen molar-refractivity contribution in [2.24, 2.45) is 0 Å². The number of thiophene rings is 1. The van der Waals surface area contributed by atoms with E-state index in [0.717, 1.165) is 10.1 Å². The van der Waals surface area contributed by atoms with Crippen LogP contribution in [0.5, 0.6) is 17.2 Å². The molecule has 0 spiro atoms.